The van der Waals surface area contributed by atoms with E-state index in [0.717, 1.165) is 28.7 Å². The molecular weight excluding hydrogens is 432 g/mol. The zero-order chi connectivity index (χ0) is 24.7. The Labute approximate surface area is 200 Å². The van der Waals surface area contributed by atoms with Gasteiger partial charge in [0.2, 0.25) is 5.91 Å². The molecule has 0 spiro atoms. The van der Waals surface area contributed by atoms with Gasteiger partial charge in [0, 0.05) is 5.92 Å². The quantitative estimate of drug-likeness (QED) is 0.445. The number of carboxylic acids is 1. The van der Waals surface area contributed by atoms with Gasteiger partial charge in [-0.25, -0.2) is 9.59 Å². The minimum Gasteiger partial charge on any atom is -0.480 e. The SMILES string of the molecule is CCCCC(NC(=O)OCC1c2ccccc2-c2ccccc21)C(=O)N[C@H](C(=O)O)[C@@H](C)CC. The Morgan fingerprint density at radius 1 is 0.971 bits per heavy atom. The molecule has 0 aliphatic heterocycles. The van der Waals surface area contributed by atoms with Crippen molar-refractivity contribution >= 4 is 18.0 Å². The summed E-state index contributed by atoms with van der Waals surface area (Å²) in [5.74, 6) is -1.90. The predicted molar refractivity (Wildman–Crippen MR) is 131 cm³/mol. The van der Waals surface area contributed by atoms with Crippen LogP contribution in [0.15, 0.2) is 48.5 Å². The van der Waals surface area contributed by atoms with Crippen LogP contribution in [0.5, 0.6) is 0 Å². The maximum atomic E-state index is 12.9. The molecule has 0 bridgehead atoms. The lowest BCUT2D eigenvalue weighted by Gasteiger charge is -2.24. The summed E-state index contributed by atoms with van der Waals surface area (Å²) >= 11 is 0. The zero-order valence-corrected chi connectivity index (χ0v) is 20.0. The Balaban J connectivity index is 1.66. The Morgan fingerprint density at radius 2 is 1.56 bits per heavy atom. The normalized spacial score (nSPS) is 14.9. The van der Waals surface area contributed by atoms with E-state index in [1.807, 2.05) is 50.2 Å². The second-order valence-electron chi connectivity index (χ2n) is 8.87. The van der Waals surface area contributed by atoms with Crippen molar-refractivity contribution in [2.75, 3.05) is 6.61 Å². The van der Waals surface area contributed by atoms with Crippen molar-refractivity contribution in [3.63, 3.8) is 0 Å². The maximum Gasteiger partial charge on any atom is 0.407 e. The molecule has 3 N–H and O–H groups in total. The number of aliphatic carboxylic acids is 1. The van der Waals surface area contributed by atoms with Gasteiger partial charge in [0.1, 0.15) is 18.7 Å². The molecule has 7 heteroatoms. The Kier molecular flexibility index (Phi) is 8.68. The first-order valence-corrected chi connectivity index (χ1v) is 12.0. The van der Waals surface area contributed by atoms with Crippen molar-refractivity contribution in [2.45, 2.75) is 64.5 Å². The average Bonchev–Trinajstić information content (AvgIpc) is 3.16. The lowest BCUT2D eigenvalue weighted by atomic mass is 9.98. The van der Waals surface area contributed by atoms with Crippen LogP contribution in [-0.4, -0.2) is 41.8 Å². The van der Waals surface area contributed by atoms with E-state index in [2.05, 4.69) is 22.8 Å². The standard InChI is InChI=1S/C27H34N2O5/c1-4-6-15-23(25(30)29-24(26(31)32)17(3)5-2)28-27(33)34-16-22-20-13-9-7-11-18(20)19-12-8-10-14-21(19)22/h7-14,17,22-24H,4-6,15-16H2,1-3H3,(H,28,33)(H,29,30)(H,31,32)/t17-,23?,24-/m0/s1. The smallest absolute Gasteiger partial charge is 0.407 e. The first kappa shape index (κ1) is 25.3. The molecule has 0 heterocycles. The monoisotopic (exact) mass is 466 g/mol. The van der Waals surface area contributed by atoms with Crippen LogP contribution in [0, 0.1) is 5.92 Å². The van der Waals surface area contributed by atoms with Crippen LogP contribution >= 0.6 is 0 Å². The van der Waals surface area contributed by atoms with Gasteiger partial charge in [-0.1, -0.05) is 88.6 Å². The number of rotatable bonds is 11. The van der Waals surface area contributed by atoms with Crippen LogP contribution in [-0.2, 0) is 14.3 Å². The number of carbonyl (C=O) groups excluding carboxylic acids is 2. The summed E-state index contributed by atoms with van der Waals surface area (Å²) in [5, 5.41) is 14.8. The third kappa shape index (κ3) is 5.76. The van der Waals surface area contributed by atoms with E-state index in [4.69, 9.17) is 4.74 Å². The molecule has 2 amide bonds. The van der Waals surface area contributed by atoms with Gasteiger partial charge in [0.05, 0.1) is 0 Å². The zero-order valence-electron chi connectivity index (χ0n) is 20.0. The van der Waals surface area contributed by atoms with Crippen LogP contribution in [0.4, 0.5) is 4.79 Å². The number of hydrogen-bond acceptors (Lipinski definition) is 4. The van der Waals surface area contributed by atoms with E-state index in [-0.39, 0.29) is 18.4 Å². The largest absolute Gasteiger partial charge is 0.480 e. The fourth-order valence-electron chi connectivity index (χ4n) is 4.40. The highest BCUT2D eigenvalue weighted by atomic mass is 16.5. The number of fused-ring (bicyclic) bond motifs is 3. The van der Waals surface area contributed by atoms with Crippen molar-refractivity contribution in [3.05, 3.63) is 59.7 Å². The molecule has 182 valence electrons. The molecule has 2 aromatic rings. The first-order chi connectivity index (χ1) is 16.4. The lowest BCUT2D eigenvalue weighted by molar-refractivity contribution is -0.143. The number of carbonyl (C=O) groups is 3. The molecule has 1 aliphatic rings. The van der Waals surface area contributed by atoms with Crippen molar-refractivity contribution in [1.82, 2.24) is 10.6 Å². The minimum atomic E-state index is -1.09. The van der Waals surface area contributed by atoms with Gasteiger partial charge in [-0.3, -0.25) is 4.79 Å². The highest BCUT2D eigenvalue weighted by Crippen LogP contribution is 2.44. The summed E-state index contributed by atoms with van der Waals surface area (Å²) in [4.78, 5) is 37.2. The summed E-state index contributed by atoms with van der Waals surface area (Å²) in [7, 11) is 0. The molecule has 1 unspecified atom stereocenters. The van der Waals surface area contributed by atoms with Gasteiger partial charge in [-0.15, -0.1) is 0 Å². The third-order valence-corrected chi connectivity index (χ3v) is 6.58. The summed E-state index contributed by atoms with van der Waals surface area (Å²) in [6, 6.07) is 14.3. The number of ether oxygens (including phenoxy) is 1. The van der Waals surface area contributed by atoms with Gasteiger partial charge in [0.25, 0.3) is 0 Å². The molecular formula is C27H34N2O5. The number of nitrogens with one attached hydrogen (secondary N) is 2. The summed E-state index contributed by atoms with van der Waals surface area (Å²) in [6.45, 7) is 5.78. The predicted octanol–water partition coefficient (Wildman–Crippen LogP) is 4.70. The fraction of sp³-hybridized carbons (Fsp3) is 0.444. The lowest BCUT2D eigenvalue weighted by Crippen LogP contribution is -2.53. The van der Waals surface area contributed by atoms with Crippen LogP contribution in [0.25, 0.3) is 11.1 Å². The fourth-order valence-corrected chi connectivity index (χ4v) is 4.40. The van der Waals surface area contributed by atoms with E-state index >= 15 is 0 Å². The topological polar surface area (TPSA) is 105 Å². The highest BCUT2D eigenvalue weighted by molar-refractivity contribution is 5.89. The summed E-state index contributed by atoms with van der Waals surface area (Å²) < 4.78 is 5.57. The number of hydrogen-bond donors (Lipinski definition) is 3. The van der Waals surface area contributed by atoms with Crippen molar-refractivity contribution in [1.29, 1.82) is 0 Å². The van der Waals surface area contributed by atoms with Gasteiger partial charge in [-0.2, -0.15) is 0 Å². The van der Waals surface area contributed by atoms with E-state index in [1.54, 1.807) is 6.92 Å². The van der Waals surface area contributed by atoms with Crippen LogP contribution < -0.4 is 10.6 Å². The first-order valence-electron chi connectivity index (χ1n) is 12.0. The highest BCUT2D eigenvalue weighted by Gasteiger charge is 2.31. The molecule has 0 saturated carbocycles. The summed E-state index contributed by atoms with van der Waals surface area (Å²) in [6.07, 6.45) is 1.87. The van der Waals surface area contributed by atoms with Crippen molar-refractivity contribution < 1.29 is 24.2 Å². The molecule has 34 heavy (non-hydrogen) atoms. The van der Waals surface area contributed by atoms with Crippen molar-refractivity contribution in [2.24, 2.45) is 5.92 Å². The van der Waals surface area contributed by atoms with Crippen molar-refractivity contribution in [3.8, 4) is 11.1 Å². The van der Waals surface area contributed by atoms with Crippen LogP contribution in [0.2, 0.25) is 0 Å². The molecule has 2 aromatic carbocycles. The average molecular weight is 467 g/mol. The van der Waals surface area contributed by atoms with E-state index < -0.39 is 30.1 Å². The number of carboxylic acid groups (broad SMARTS) is 1. The van der Waals surface area contributed by atoms with Gasteiger partial charge in [-0.05, 0) is 34.6 Å². The van der Waals surface area contributed by atoms with Gasteiger partial charge < -0.3 is 20.5 Å². The third-order valence-electron chi connectivity index (χ3n) is 6.58. The Bertz CT molecular complexity index is 976. The molecule has 0 saturated heterocycles. The van der Waals surface area contributed by atoms with Crippen LogP contribution in [0.3, 0.4) is 0 Å². The number of alkyl carbamates (subject to hydrolysis) is 1. The van der Waals surface area contributed by atoms with Gasteiger partial charge in [0.15, 0.2) is 0 Å². The number of unbranched alkanes of at least 4 members (excludes halogenated alkanes) is 1. The molecule has 0 fully saturated rings. The van der Waals surface area contributed by atoms with Gasteiger partial charge >= 0.3 is 12.1 Å². The molecule has 0 aromatic heterocycles. The Morgan fingerprint density at radius 3 is 2.09 bits per heavy atom. The minimum absolute atomic E-state index is 0.0807. The van der Waals surface area contributed by atoms with Crippen LogP contribution in [0.1, 0.15) is 63.5 Å². The second-order valence-corrected chi connectivity index (χ2v) is 8.87. The molecule has 7 nitrogen and oxygen atoms in total. The molecule has 3 rings (SSSR count). The second kappa shape index (κ2) is 11.7. The summed E-state index contributed by atoms with van der Waals surface area (Å²) in [5.41, 5.74) is 4.48. The van der Waals surface area contributed by atoms with E-state index in [9.17, 15) is 19.5 Å². The maximum absolute atomic E-state index is 12.9. The molecule has 3 atom stereocenters. The number of benzene rings is 2. The van der Waals surface area contributed by atoms with E-state index in [1.165, 1.54) is 0 Å². The molecule has 0 radical (unpaired) electrons. The van der Waals surface area contributed by atoms with E-state index in [0.29, 0.717) is 19.3 Å². The Hall–Kier alpha value is -3.35. The number of amides is 2. The molecule has 1 aliphatic carbocycles.